The third-order valence-electron chi connectivity index (χ3n) is 3.33. The normalized spacial score (nSPS) is 20.8. The second-order valence-electron chi connectivity index (χ2n) is 4.88. The van der Waals surface area contributed by atoms with Crippen LogP contribution in [0.4, 0.5) is 0 Å². The molecule has 0 aliphatic carbocycles. The van der Waals surface area contributed by atoms with Gasteiger partial charge in [0.25, 0.3) is 0 Å². The summed E-state index contributed by atoms with van der Waals surface area (Å²) in [7, 11) is 0. The van der Waals surface area contributed by atoms with Crippen molar-refractivity contribution in [1.82, 2.24) is 14.7 Å². The average Bonchev–Trinajstić information content (AvgIpc) is 2.87. The molecule has 1 aromatic heterocycles. The smallest absolute Gasteiger partial charge is 0.0765 e. The SMILES string of the molecule is CC(C)n1ccc(CN2CCCC2CN)n1.Cl. The zero-order valence-corrected chi connectivity index (χ0v) is 11.5. The fraction of sp³-hybridized carbons (Fsp3) is 0.750. The van der Waals surface area contributed by atoms with Gasteiger partial charge in [-0.15, -0.1) is 12.4 Å². The van der Waals surface area contributed by atoms with E-state index in [1.165, 1.54) is 12.8 Å². The molecule has 0 amide bonds. The summed E-state index contributed by atoms with van der Waals surface area (Å²) in [6, 6.07) is 3.12. The largest absolute Gasteiger partial charge is 0.329 e. The van der Waals surface area contributed by atoms with E-state index in [1.54, 1.807) is 0 Å². The van der Waals surface area contributed by atoms with Crippen molar-refractivity contribution in [3.8, 4) is 0 Å². The number of hydrogen-bond acceptors (Lipinski definition) is 3. The van der Waals surface area contributed by atoms with E-state index in [1.807, 2.05) is 4.68 Å². The summed E-state index contributed by atoms with van der Waals surface area (Å²) in [5.41, 5.74) is 6.93. The minimum Gasteiger partial charge on any atom is -0.329 e. The molecule has 1 aromatic rings. The van der Waals surface area contributed by atoms with Crippen molar-refractivity contribution < 1.29 is 0 Å². The van der Waals surface area contributed by atoms with Crippen molar-refractivity contribution in [1.29, 1.82) is 0 Å². The molecule has 0 bridgehead atoms. The van der Waals surface area contributed by atoms with E-state index in [-0.39, 0.29) is 12.4 Å². The molecule has 0 spiro atoms. The third kappa shape index (κ3) is 3.44. The molecular formula is C12H23ClN4. The Bertz CT molecular complexity index is 337. The van der Waals surface area contributed by atoms with Gasteiger partial charge in [-0.05, 0) is 39.3 Å². The summed E-state index contributed by atoms with van der Waals surface area (Å²) >= 11 is 0. The second-order valence-corrected chi connectivity index (χ2v) is 4.88. The first-order valence-electron chi connectivity index (χ1n) is 6.19. The Morgan fingerprint density at radius 2 is 2.29 bits per heavy atom. The van der Waals surface area contributed by atoms with Crippen LogP contribution in [0.15, 0.2) is 12.3 Å². The minimum atomic E-state index is 0. The standard InChI is InChI=1S/C12H22N4.ClH/c1-10(2)16-7-5-11(14-16)9-15-6-3-4-12(15)8-13;/h5,7,10,12H,3-4,6,8-9,13H2,1-2H3;1H. The van der Waals surface area contributed by atoms with Crippen molar-refractivity contribution in [3.63, 3.8) is 0 Å². The molecule has 1 aliphatic heterocycles. The first kappa shape index (κ1) is 14.5. The van der Waals surface area contributed by atoms with Crippen LogP contribution in [0, 0.1) is 0 Å². The van der Waals surface area contributed by atoms with E-state index >= 15 is 0 Å². The lowest BCUT2D eigenvalue weighted by molar-refractivity contribution is 0.246. The first-order chi connectivity index (χ1) is 7.70. The maximum Gasteiger partial charge on any atom is 0.0765 e. The summed E-state index contributed by atoms with van der Waals surface area (Å²) in [5.74, 6) is 0. The Labute approximate surface area is 110 Å². The molecule has 1 atom stereocenters. The number of nitrogens with two attached hydrogens (primary N) is 1. The van der Waals surface area contributed by atoms with Gasteiger partial charge in [-0.25, -0.2) is 0 Å². The quantitative estimate of drug-likeness (QED) is 0.896. The molecule has 0 saturated carbocycles. The van der Waals surface area contributed by atoms with Crippen LogP contribution in [0.3, 0.4) is 0 Å². The number of likely N-dealkylation sites (tertiary alicyclic amines) is 1. The molecule has 0 aromatic carbocycles. The van der Waals surface area contributed by atoms with Crippen LogP contribution in [0.5, 0.6) is 0 Å². The van der Waals surface area contributed by atoms with Crippen LogP contribution in [0.25, 0.3) is 0 Å². The highest BCUT2D eigenvalue weighted by molar-refractivity contribution is 5.85. The van der Waals surface area contributed by atoms with Gasteiger partial charge in [-0.1, -0.05) is 0 Å². The maximum atomic E-state index is 5.76. The highest BCUT2D eigenvalue weighted by Gasteiger charge is 2.23. The second kappa shape index (κ2) is 6.38. The molecule has 0 radical (unpaired) electrons. The van der Waals surface area contributed by atoms with Crippen LogP contribution < -0.4 is 5.73 Å². The number of hydrogen-bond donors (Lipinski definition) is 1. The Kier molecular flexibility index (Phi) is 5.43. The van der Waals surface area contributed by atoms with E-state index in [0.29, 0.717) is 12.1 Å². The summed E-state index contributed by atoms with van der Waals surface area (Å²) in [6.45, 7) is 7.17. The molecule has 1 aliphatic rings. The van der Waals surface area contributed by atoms with Gasteiger partial charge >= 0.3 is 0 Å². The molecule has 98 valence electrons. The molecule has 1 saturated heterocycles. The van der Waals surface area contributed by atoms with Crippen LogP contribution in [0.1, 0.15) is 38.4 Å². The van der Waals surface area contributed by atoms with Gasteiger partial charge in [0, 0.05) is 31.4 Å². The number of halogens is 1. The fourth-order valence-corrected chi connectivity index (χ4v) is 2.33. The molecule has 2 rings (SSSR count). The molecule has 2 heterocycles. The van der Waals surface area contributed by atoms with Gasteiger partial charge in [0.05, 0.1) is 5.69 Å². The van der Waals surface area contributed by atoms with Crippen molar-refractivity contribution >= 4 is 12.4 Å². The van der Waals surface area contributed by atoms with E-state index in [0.717, 1.165) is 25.3 Å². The van der Waals surface area contributed by atoms with E-state index < -0.39 is 0 Å². The van der Waals surface area contributed by atoms with Gasteiger partial charge in [-0.3, -0.25) is 9.58 Å². The highest BCUT2D eigenvalue weighted by Crippen LogP contribution is 2.18. The number of nitrogens with zero attached hydrogens (tertiary/aromatic N) is 3. The van der Waals surface area contributed by atoms with Crippen molar-refractivity contribution in [2.24, 2.45) is 5.73 Å². The molecular weight excluding hydrogens is 236 g/mol. The summed E-state index contributed by atoms with van der Waals surface area (Å²) < 4.78 is 2.02. The Hall–Kier alpha value is -0.580. The zero-order valence-electron chi connectivity index (χ0n) is 10.7. The summed E-state index contributed by atoms with van der Waals surface area (Å²) in [5, 5.41) is 4.58. The lowest BCUT2D eigenvalue weighted by Crippen LogP contribution is -2.35. The van der Waals surface area contributed by atoms with Gasteiger partial charge in [0.2, 0.25) is 0 Å². The molecule has 2 N–H and O–H groups in total. The van der Waals surface area contributed by atoms with E-state index in [4.69, 9.17) is 5.73 Å². The molecule has 17 heavy (non-hydrogen) atoms. The topological polar surface area (TPSA) is 47.1 Å². The van der Waals surface area contributed by atoms with Crippen LogP contribution in [0.2, 0.25) is 0 Å². The van der Waals surface area contributed by atoms with Crippen molar-refractivity contribution in [2.45, 2.75) is 45.3 Å². The third-order valence-corrected chi connectivity index (χ3v) is 3.33. The summed E-state index contributed by atoms with van der Waals surface area (Å²) in [6.07, 6.45) is 4.57. The average molecular weight is 259 g/mol. The predicted octanol–water partition coefficient (Wildman–Crippen LogP) is 1.81. The zero-order chi connectivity index (χ0) is 11.5. The van der Waals surface area contributed by atoms with Crippen LogP contribution >= 0.6 is 12.4 Å². The van der Waals surface area contributed by atoms with Crippen LogP contribution in [-0.4, -0.2) is 33.8 Å². The Morgan fingerprint density at radius 3 is 2.88 bits per heavy atom. The lowest BCUT2D eigenvalue weighted by Gasteiger charge is -2.21. The number of rotatable bonds is 4. The van der Waals surface area contributed by atoms with Gasteiger partial charge in [0.1, 0.15) is 0 Å². The summed E-state index contributed by atoms with van der Waals surface area (Å²) in [4.78, 5) is 2.45. The fourth-order valence-electron chi connectivity index (χ4n) is 2.33. The van der Waals surface area contributed by atoms with Gasteiger partial charge < -0.3 is 5.73 Å². The van der Waals surface area contributed by atoms with Gasteiger partial charge in [-0.2, -0.15) is 5.10 Å². The Morgan fingerprint density at radius 1 is 1.53 bits per heavy atom. The maximum absolute atomic E-state index is 5.76. The minimum absolute atomic E-state index is 0. The highest BCUT2D eigenvalue weighted by atomic mass is 35.5. The first-order valence-corrected chi connectivity index (χ1v) is 6.19. The van der Waals surface area contributed by atoms with E-state index in [9.17, 15) is 0 Å². The van der Waals surface area contributed by atoms with Crippen molar-refractivity contribution in [2.75, 3.05) is 13.1 Å². The van der Waals surface area contributed by atoms with E-state index in [2.05, 4.69) is 36.1 Å². The van der Waals surface area contributed by atoms with Crippen molar-refractivity contribution in [3.05, 3.63) is 18.0 Å². The van der Waals surface area contributed by atoms with Gasteiger partial charge in [0.15, 0.2) is 0 Å². The lowest BCUT2D eigenvalue weighted by atomic mass is 10.2. The molecule has 1 fully saturated rings. The van der Waals surface area contributed by atoms with Crippen LogP contribution in [-0.2, 0) is 6.54 Å². The Balaban J connectivity index is 0.00000144. The molecule has 5 heteroatoms. The molecule has 1 unspecified atom stereocenters. The predicted molar refractivity (Wildman–Crippen MR) is 72.3 cm³/mol. The monoisotopic (exact) mass is 258 g/mol. The molecule has 4 nitrogen and oxygen atoms in total. The number of aromatic nitrogens is 2.